The van der Waals surface area contributed by atoms with E-state index < -0.39 is 0 Å². The standard InChI is InChI=1S/C8H11N3S.BrH/c9-7-3-1-6(2-4-7)5-12-8(10)11;/h1-4H,5,9H2,(H3,10,11);1H. The number of nitrogen functional groups attached to an aromatic ring is 1. The fraction of sp³-hybridized carbons (Fsp3) is 0.125. The molecule has 0 amide bonds. The quantitative estimate of drug-likeness (QED) is 0.433. The highest BCUT2D eigenvalue weighted by Crippen LogP contribution is 2.12. The van der Waals surface area contributed by atoms with Gasteiger partial charge in [-0.05, 0) is 17.7 Å². The van der Waals surface area contributed by atoms with Crippen LogP contribution in [0.5, 0.6) is 0 Å². The smallest absolute Gasteiger partial charge is 0.151 e. The summed E-state index contributed by atoms with van der Waals surface area (Å²) in [5.74, 6) is 0.732. The molecule has 0 saturated heterocycles. The van der Waals surface area contributed by atoms with Crippen LogP contribution in [0.1, 0.15) is 5.56 Å². The van der Waals surface area contributed by atoms with E-state index in [2.05, 4.69) is 0 Å². The summed E-state index contributed by atoms with van der Waals surface area (Å²) in [6.07, 6.45) is 0. The highest BCUT2D eigenvalue weighted by atomic mass is 79.9. The predicted octanol–water partition coefficient (Wildman–Crippen LogP) is 1.97. The number of nitrogens with two attached hydrogens (primary N) is 2. The second-order valence-corrected chi connectivity index (χ2v) is 3.41. The van der Waals surface area contributed by atoms with Gasteiger partial charge in [-0.1, -0.05) is 23.9 Å². The van der Waals surface area contributed by atoms with Gasteiger partial charge in [0.2, 0.25) is 0 Å². The van der Waals surface area contributed by atoms with Crippen molar-refractivity contribution in [3.63, 3.8) is 0 Å². The number of anilines is 1. The molecule has 5 N–H and O–H groups in total. The minimum absolute atomic E-state index is 0. The third-order valence-electron chi connectivity index (χ3n) is 1.37. The molecule has 0 aliphatic heterocycles. The van der Waals surface area contributed by atoms with Crippen LogP contribution in [-0.2, 0) is 5.75 Å². The van der Waals surface area contributed by atoms with Gasteiger partial charge in [0, 0.05) is 11.4 Å². The van der Waals surface area contributed by atoms with E-state index >= 15 is 0 Å². The fourth-order valence-corrected chi connectivity index (χ4v) is 1.29. The first-order chi connectivity index (χ1) is 5.68. The number of thioether (sulfide) groups is 1. The Balaban J connectivity index is 0.00000144. The lowest BCUT2D eigenvalue weighted by Crippen LogP contribution is -2.03. The Bertz CT molecular complexity index is 273. The van der Waals surface area contributed by atoms with Crippen molar-refractivity contribution in [2.45, 2.75) is 5.75 Å². The largest absolute Gasteiger partial charge is 0.399 e. The lowest BCUT2D eigenvalue weighted by atomic mass is 10.2. The number of rotatable bonds is 2. The van der Waals surface area contributed by atoms with E-state index in [-0.39, 0.29) is 22.1 Å². The van der Waals surface area contributed by atoms with Gasteiger partial charge >= 0.3 is 0 Å². The van der Waals surface area contributed by atoms with Crippen LogP contribution in [0.4, 0.5) is 5.69 Å². The van der Waals surface area contributed by atoms with Gasteiger partial charge in [0.1, 0.15) is 0 Å². The lowest BCUT2D eigenvalue weighted by Gasteiger charge is -1.99. The summed E-state index contributed by atoms with van der Waals surface area (Å²) in [6.45, 7) is 0. The van der Waals surface area contributed by atoms with Crippen molar-refractivity contribution >= 4 is 39.6 Å². The van der Waals surface area contributed by atoms with Crippen LogP contribution in [-0.4, -0.2) is 5.17 Å². The van der Waals surface area contributed by atoms with Crippen molar-refractivity contribution in [1.82, 2.24) is 0 Å². The Labute approximate surface area is 92.2 Å². The van der Waals surface area contributed by atoms with Gasteiger partial charge in [0.25, 0.3) is 0 Å². The minimum atomic E-state index is 0. The molecule has 5 heteroatoms. The predicted molar refractivity (Wildman–Crippen MR) is 64.4 cm³/mol. The monoisotopic (exact) mass is 261 g/mol. The summed E-state index contributed by atoms with van der Waals surface area (Å²) >= 11 is 1.31. The van der Waals surface area contributed by atoms with Gasteiger partial charge in [-0.2, -0.15) is 0 Å². The third kappa shape index (κ3) is 4.80. The van der Waals surface area contributed by atoms with E-state index in [0.29, 0.717) is 0 Å². The summed E-state index contributed by atoms with van der Waals surface area (Å²) in [4.78, 5) is 0. The minimum Gasteiger partial charge on any atom is -0.399 e. The van der Waals surface area contributed by atoms with Crippen LogP contribution in [0.25, 0.3) is 0 Å². The molecular formula is C8H12BrN3S. The van der Waals surface area contributed by atoms with Crippen LogP contribution in [0.15, 0.2) is 24.3 Å². The molecule has 0 saturated carbocycles. The molecule has 13 heavy (non-hydrogen) atoms. The van der Waals surface area contributed by atoms with Crippen molar-refractivity contribution in [3.8, 4) is 0 Å². The molecule has 0 aliphatic carbocycles. The molecule has 0 aliphatic rings. The average Bonchev–Trinajstić information content (AvgIpc) is 2.03. The first-order valence-corrected chi connectivity index (χ1v) is 4.48. The fourth-order valence-electron chi connectivity index (χ4n) is 0.775. The van der Waals surface area contributed by atoms with E-state index in [0.717, 1.165) is 17.0 Å². The summed E-state index contributed by atoms with van der Waals surface area (Å²) in [5.41, 5.74) is 12.6. The van der Waals surface area contributed by atoms with Crippen LogP contribution < -0.4 is 11.5 Å². The van der Waals surface area contributed by atoms with Gasteiger partial charge in [-0.15, -0.1) is 17.0 Å². The van der Waals surface area contributed by atoms with Crippen LogP contribution in [0.2, 0.25) is 0 Å². The topological polar surface area (TPSA) is 75.9 Å². The first kappa shape index (κ1) is 12.3. The lowest BCUT2D eigenvalue weighted by molar-refractivity contribution is 1.42. The summed E-state index contributed by atoms with van der Waals surface area (Å²) < 4.78 is 0. The van der Waals surface area contributed by atoms with E-state index in [1.807, 2.05) is 24.3 Å². The van der Waals surface area contributed by atoms with Crippen molar-refractivity contribution in [2.24, 2.45) is 5.73 Å². The molecule has 0 unspecified atom stereocenters. The van der Waals surface area contributed by atoms with Crippen molar-refractivity contribution in [1.29, 1.82) is 5.41 Å². The molecule has 0 heterocycles. The van der Waals surface area contributed by atoms with Gasteiger partial charge in [-0.25, -0.2) is 0 Å². The van der Waals surface area contributed by atoms with Crippen molar-refractivity contribution < 1.29 is 0 Å². The summed E-state index contributed by atoms with van der Waals surface area (Å²) in [6, 6.07) is 7.56. The first-order valence-electron chi connectivity index (χ1n) is 3.50. The molecule has 3 nitrogen and oxygen atoms in total. The molecule has 0 bridgehead atoms. The number of nitrogens with one attached hydrogen (secondary N) is 1. The SMILES string of the molecule is Br.N=C(N)SCc1ccc(N)cc1. The maximum atomic E-state index is 7.00. The summed E-state index contributed by atoms with van der Waals surface area (Å²) in [5, 5.41) is 7.15. The Hall–Kier alpha value is -0.680. The van der Waals surface area contributed by atoms with E-state index in [1.165, 1.54) is 11.8 Å². The molecule has 1 aromatic rings. The van der Waals surface area contributed by atoms with Crippen LogP contribution in [0.3, 0.4) is 0 Å². The van der Waals surface area contributed by atoms with Gasteiger partial charge in [-0.3, -0.25) is 5.41 Å². The van der Waals surface area contributed by atoms with Gasteiger partial charge < -0.3 is 11.5 Å². The Kier molecular flexibility index (Phi) is 5.57. The molecule has 0 radical (unpaired) electrons. The number of hydrogen-bond donors (Lipinski definition) is 3. The van der Waals surface area contributed by atoms with E-state index in [9.17, 15) is 0 Å². The molecular weight excluding hydrogens is 250 g/mol. The second-order valence-electron chi connectivity index (χ2n) is 2.39. The molecule has 0 spiro atoms. The number of halogens is 1. The van der Waals surface area contributed by atoms with E-state index in [1.54, 1.807) is 0 Å². The molecule has 72 valence electrons. The molecule has 1 rings (SSSR count). The number of hydrogen-bond acceptors (Lipinski definition) is 3. The highest BCUT2D eigenvalue weighted by Gasteiger charge is 1.94. The number of amidine groups is 1. The van der Waals surface area contributed by atoms with Crippen molar-refractivity contribution in [3.05, 3.63) is 29.8 Å². The summed E-state index contributed by atoms with van der Waals surface area (Å²) in [7, 11) is 0. The highest BCUT2D eigenvalue weighted by molar-refractivity contribution is 8.93. The molecule has 1 aromatic carbocycles. The normalized spacial score (nSPS) is 8.92. The zero-order valence-electron chi connectivity index (χ0n) is 6.99. The number of benzene rings is 1. The maximum absolute atomic E-state index is 7.00. The van der Waals surface area contributed by atoms with Gasteiger partial charge in [0.05, 0.1) is 0 Å². The zero-order chi connectivity index (χ0) is 8.97. The third-order valence-corrected chi connectivity index (χ3v) is 2.16. The Morgan fingerprint density at radius 2 is 1.85 bits per heavy atom. The average molecular weight is 262 g/mol. The zero-order valence-corrected chi connectivity index (χ0v) is 9.52. The molecule has 0 fully saturated rings. The Morgan fingerprint density at radius 1 is 1.31 bits per heavy atom. The molecule has 0 aromatic heterocycles. The van der Waals surface area contributed by atoms with Crippen molar-refractivity contribution in [2.75, 3.05) is 5.73 Å². The van der Waals surface area contributed by atoms with Crippen LogP contribution >= 0.6 is 28.7 Å². The van der Waals surface area contributed by atoms with E-state index in [4.69, 9.17) is 16.9 Å². The Morgan fingerprint density at radius 3 is 2.31 bits per heavy atom. The van der Waals surface area contributed by atoms with Crippen LogP contribution in [0, 0.1) is 5.41 Å². The maximum Gasteiger partial charge on any atom is 0.151 e. The molecule has 0 atom stereocenters. The van der Waals surface area contributed by atoms with Gasteiger partial charge in [0.15, 0.2) is 5.17 Å². The second kappa shape index (κ2) is 5.88.